The lowest BCUT2D eigenvalue weighted by Gasteiger charge is -2.06. The number of benzene rings is 2. The number of rotatable bonds is 7. The highest BCUT2D eigenvalue weighted by Gasteiger charge is 2.13. The first-order chi connectivity index (χ1) is 11.5. The van der Waals surface area contributed by atoms with E-state index in [0.717, 1.165) is 10.6 Å². The van der Waals surface area contributed by atoms with Gasteiger partial charge in [0.1, 0.15) is 11.5 Å². The minimum Gasteiger partial charge on any atom is -0.494 e. The first-order valence-corrected chi connectivity index (χ1v) is 8.29. The van der Waals surface area contributed by atoms with Crippen molar-refractivity contribution in [3.05, 3.63) is 58.1 Å². The lowest BCUT2D eigenvalue weighted by molar-refractivity contribution is -0.385. The predicted octanol–water partition coefficient (Wildman–Crippen LogP) is 4.00. The highest BCUT2D eigenvalue weighted by Crippen LogP contribution is 2.25. The number of ether oxygens (including phenoxy) is 2. The number of nitro benzene ring substituents is 1. The number of carbonyl (C=O) groups excluding carboxylic acids is 1. The van der Waals surface area contributed by atoms with E-state index in [1.165, 1.54) is 30.0 Å². The van der Waals surface area contributed by atoms with Crippen molar-refractivity contribution in [2.45, 2.75) is 18.7 Å². The number of nitro groups is 1. The van der Waals surface area contributed by atoms with Crippen molar-refractivity contribution in [1.82, 2.24) is 0 Å². The van der Waals surface area contributed by atoms with Crippen molar-refractivity contribution in [2.75, 3.05) is 12.4 Å². The fraction of sp³-hybridized carbons (Fsp3) is 0.235. The molecular formula is C17H17NO5S. The Bertz CT molecular complexity index is 730. The molecule has 0 aliphatic heterocycles. The maximum Gasteiger partial charge on any atom is 0.321 e. The van der Waals surface area contributed by atoms with Crippen molar-refractivity contribution in [3.8, 4) is 11.5 Å². The Kier molecular flexibility index (Phi) is 6.20. The molecule has 0 bridgehead atoms. The van der Waals surface area contributed by atoms with Gasteiger partial charge < -0.3 is 9.47 Å². The monoisotopic (exact) mass is 347 g/mol. The molecular weight excluding hydrogens is 330 g/mol. The summed E-state index contributed by atoms with van der Waals surface area (Å²) >= 11 is 1.35. The summed E-state index contributed by atoms with van der Waals surface area (Å²) in [7, 11) is 0. The van der Waals surface area contributed by atoms with Crippen LogP contribution in [0.25, 0.3) is 0 Å². The smallest absolute Gasteiger partial charge is 0.321 e. The number of aryl methyl sites for hydroxylation is 1. The topological polar surface area (TPSA) is 78.7 Å². The molecule has 6 nitrogen and oxygen atoms in total. The standard InChI is InChI=1S/C17H17NO5S/c1-3-22-13-4-7-15(8-5-13)24-11-17(19)23-14-6-9-16(18(20)21)12(2)10-14/h4-10H,3,11H2,1-2H3. The van der Waals surface area contributed by atoms with Gasteiger partial charge in [0.2, 0.25) is 0 Å². The summed E-state index contributed by atoms with van der Waals surface area (Å²) < 4.78 is 10.6. The molecule has 2 aromatic carbocycles. The van der Waals surface area contributed by atoms with Crippen molar-refractivity contribution in [3.63, 3.8) is 0 Å². The Morgan fingerprint density at radius 2 is 1.83 bits per heavy atom. The second-order valence-electron chi connectivity index (χ2n) is 4.87. The molecule has 0 amide bonds. The zero-order chi connectivity index (χ0) is 17.5. The van der Waals surface area contributed by atoms with Crippen LogP contribution in [0.3, 0.4) is 0 Å². The van der Waals surface area contributed by atoms with E-state index in [1.54, 1.807) is 6.92 Å². The van der Waals surface area contributed by atoms with Gasteiger partial charge in [0.25, 0.3) is 5.69 Å². The van der Waals surface area contributed by atoms with Gasteiger partial charge in [0.15, 0.2) is 0 Å². The molecule has 2 rings (SSSR count). The number of carbonyl (C=O) groups is 1. The number of esters is 1. The van der Waals surface area contributed by atoms with Crippen LogP contribution in [-0.2, 0) is 4.79 Å². The summed E-state index contributed by atoms with van der Waals surface area (Å²) in [6.07, 6.45) is 0. The fourth-order valence-corrected chi connectivity index (χ4v) is 2.67. The molecule has 0 saturated carbocycles. The number of thioether (sulfide) groups is 1. The van der Waals surface area contributed by atoms with E-state index in [0.29, 0.717) is 17.9 Å². The maximum absolute atomic E-state index is 11.9. The summed E-state index contributed by atoms with van der Waals surface area (Å²) in [5, 5.41) is 10.8. The molecule has 24 heavy (non-hydrogen) atoms. The van der Waals surface area contributed by atoms with E-state index < -0.39 is 10.9 Å². The van der Waals surface area contributed by atoms with Gasteiger partial charge in [0, 0.05) is 16.5 Å². The molecule has 0 saturated heterocycles. The van der Waals surface area contributed by atoms with E-state index in [9.17, 15) is 14.9 Å². The third kappa shape index (κ3) is 4.99. The number of hydrogen-bond donors (Lipinski definition) is 0. The molecule has 0 spiro atoms. The third-order valence-electron chi connectivity index (χ3n) is 3.09. The Morgan fingerprint density at radius 3 is 2.42 bits per heavy atom. The fourth-order valence-electron chi connectivity index (χ4n) is 2.00. The molecule has 0 fully saturated rings. The summed E-state index contributed by atoms with van der Waals surface area (Å²) in [5.74, 6) is 0.813. The molecule has 2 aromatic rings. The molecule has 0 unspecified atom stereocenters. The minimum absolute atomic E-state index is 0.00133. The van der Waals surface area contributed by atoms with Gasteiger partial charge in [0.05, 0.1) is 17.3 Å². The van der Waals surface area contributed by atoms with Crippen molar-refractivity contribution in [1.29, 1.82) is 0 Å². The molecule has 0 aromatic heterocycles. The molecule has 0 N–H and O–H groups in total. The van der Waals surface area contributed by atoms with Crippen LogP contribution in [0.2, 0.25) is 0 Å². The first-order valence-electron chi connectivity index (χ1n) is 7.31. The van der Waals surface area contributed by atoms with Crippen LogP contribution >= 0.6 is 11.8 Å². The van der Waals surface area contributed by atoms with Crippen LogP contribution in [-0.4, -0.2) is 23.3 Å². The van der Waals surface area contributed by atoms with Gasteiger partial charge in [-0.15, -0.1) is 11.8 Å². The van der Waals surface area contributed by atoms with Gasteiger partial charge in [-0.05, 0) is 50.2 Å². The molecule has 126 valence electrons. The van der Waals surface area contributed by atoms with Gasteiger partial charge in [-0.1, -0.05) is 0 Å². The summed E-state index contributed by atoms with van der Waals surface area (Å²) in [6, 6.07) is 11.7. The Balaban J connectivity index is 1.89. The average Bonchev–Trinajstić information content (AvgIpc) is 2.54. The normalized spacial score (nSPS) is 10.2. The van der Waals surface area contributed by atoms with Crippen LogP contribution in [0, 0.1) is 17.0 Å². The van der Waals surface area contributed by atoms with Crippen LogP contribution in [0.4, 0.5) is 5.69 Å². The molecule has 0 aliphatic carbocycles. The molecule has 0 heterocycles. The molecule has 0 aliphatic rings. The van der Waals surface area contributed by atoms with Crippen molar-refractivity contribution < 1.29 is 19.2 Å². The first kappa shape index (κ1) is 17.8. The second-order valence-corrected chi connectivity index (χ2v) is 5.92. The van der Waals surface area contributed by atoms with Gasteiger partial charge >= 0.3 is 5.97 Å². The van der Waals surface area contributed by atoms with E-state index in [2.05, 4.69) is 0 Å². The van der Waals surface area contributed by atoms with Gasteiger partial charge in [-0.3, -0.25) is 14.9 Å². The van der Waals surface area contributed by atoms with Crippen molar-refractivity contribution in [2.24, 2.45) is 0 Å². The second kappa shape index (κ2) is 8.35. The SMILES string of the molecule is CCOc1ccc(SCC(=O)Oc2ccc([N+](=O)[O-])c(C)c2)cc1. The van der Waals surface area contributed by atoms with Crippen LogP contribution < -0.4 is 9.47 Å². The highest BCUT2D eigenvalue weighted by molar-refractivity contribution is 8.00. The highest BCUT2D eigenvalue weighted by atomic mass is 32.2. The van der Waals surface area contributed by atoms with Crippen LogP contribution in [0.1, 0.15) is 12.5 Å². The minimum atomic E-state index is -0.470. The zero-order valence-corrected chi connectivity index (χ0v) is 14.2. The molecule has 0 atom stereocenters. The maximum atomic E-state index is 11.9. The van der Waals surface area contributed by atoms with Crippen LogP contribution in [0.5, 0.6) is 11.5 Å². The third-order valence-corrected chi connectivity index (χ3v) is 4.07. The average molecular weight is 347 g/mol. The van der Waals surface area contributed by atoms with E-state index >= 15 is 0 Å². The molecule has 0 radical (unpaired) electrons. The Hall–Kier alpha value is -2.54. The lowest BCUT2D eigenvalue weighted by atomic mass is 10.2. The number of hydrogen-bond acceptors (Lipinski definition) is 6. The van der Waals surface area contributed by atoms with E-state index in [1.807, 2.05) is 31.2 Å². The van der Waals surface area contributed by atoms with Gasteiger partial charge in [-0.2, -0.15) is 0 Å². The lowest BCUT2D eigenvalue weighted by Crippen LogP contribution is -2.10. The Labute approximate surface area is 143 Å². The summed E-state index contributed by atoms with van der Waals surface area (Å²) in [5.41, 5.74) is 0.447. The van der Waals surface area contributed by atoms with E-state index in [-0.39, 0.29) is 11.4 Å². The summed E-state index contributed by atoms with van der Waals surface area (Å²) in [6.45, 7) is 4.12. The van der Waals surface area contributed by atoms with Crippen molar-refractivity contribution >= 4 is 23.4 Å². The van der Waals surface area contributed by atoms with Gasteiger partial charge in [-0.25, -0.2) is 0 Å². The quantitative estimate of drug-likeness (QED) is 0.248. The van der Waals surface area contributed by atoms with E-state index in [4.69, 9.17) is 9.47 Å². The zero-order valence-electron chi connectivity index (χ0n) is 13.4. The largest absolute Gasteiger partial charge is 0.494 e. The summed E-state index contributed by atoms with van der Waals surface area (Å²) in [4.78, 5) is 23.1. The molecule has 7 heteroatoms. The van der Waals surface area contributed by atoms with Crippen LogP contribution in [0.15, 0.2) is 47.4 Å². The predicted molar refractivity (Wildman–Crippen MR) is 91.8 cm³/mol. The Morgan fingerprint density at radius 1 is 1.17 bits per heavy atom. The number of nitrogens with zero attached hydrogens (tertiary/aromatic N) is 1.